The highest BCUT2D eigenvalue weighted by molar-refractivity contribution is 5.94. The van der Waals surface area contributed by atoms with Crippen molar-refractivity contribution in [3.05, 3.63) is 65.6 Å². The molecule has 0 bridgehead atoms. The monoisotopic (exact) mass is 367 g/mol. The number of hydrogen-bond donors (Lipinski definition) is 1. The fraction of sp³-hybridized carbons (Fsp3) is 0.333. The van der Waals surface area contributed by atoms with Crippen molar-refractivity contribution in [2.75, 3.05) is 13.7 Å². The van der Waals surface area contributed by atoms with E-state index in [0.29, 0.717) is 24.5 Å². The maximum atomic E-state index is 12.4. The van der Waals surface area contributed by atoms with Crippen LogP contribution in [-0.4, -0.2) is 35.1 Å². The van der Waals surface area contributed by atoms with Gasteiger partial charge in [-0.15, -0.1) is 0 Å². The molecular weight excluding hydrogens is 342 g/mol. The molecule has 1 N–H and O–H groups in total. The van der Waals surface area contributed by atoms with Gasteiger partial charge in [-0.1, -0.05) is 12.1 Å². The average Bonchev–Trinajstić information content (AvgIpc) is 3.07. The van der Waals surface area contributed by atoms with Crippen molar-refractivity contribution in [2.45, 2.75) is 32.9 Å². The lowest BCUT2D eigenvalue weighted by Gasteiger charge is -2.14. The van der Waals surface area contributed by atoms with Crippen LogP contribution in [0.4, 0.5) is 0 Å². The fourth-order valence-corrected chi connectivity index (χ4v) is 2.78. The van der Waals surface area contributed by atoms with Crippen molar-refractivity contribution >= 4 is 11.6 Å². The molecule has 0 fully saturated rings. The number of imidazole rings is 1. The van der Waals surface area contributed by atoms with E-state index in [9.17, 15) is 4.79 Å². The summed E-state index contributed by atoms with van der Waals surface area (Å²) in [5.74, 6) is 0.521. The summed E-state index contributed by atoms with van der Waals surface area (Å²) in [6, 6.07) is 11.2. The first-order valence-electron chi connectivity index (χ1n) is 9.02. The molecule has 0 saturated heterocycles. The Hall–Kier alpha value is -2.86. The second-order valence-electron chi connectivity index (χ2n) is 6.68. The molecule has 0 saturated carbocycles. The summed E-state index contributed by atoms with van der Waals surface area (Å²) in [6.45, 7) is 4.96. The van der Waals surface area contributed by atoms with E-state index in [1.54, 1.807) is 19.2 Å². The molecular formula is C21H25N3O3. The number of nitrogens with zero attached hydrogens (tertiary/aromatic N) is 2. The van der Waals surface area contributed by atoms with Crippen molar-refractivity contribution in [3.8, 4) is 5.75 Å². The predicted octanol–water partition coefficient (Wildman–Crippen LogP) is 3.38. The van der Waals surface area contributed by atoms with E-state index < -0.39 is 0 Å². The lowest BCUT2D eigenvalue weighted by atomic mass is 10.1. The number of carbonyl (C=O) groups is 1. The normalized spacial score (nSPS) is 12.1. The highest BCUT2D eigenvalue weighted by Gasteiger charge is 2.11. The third-order valence-corrected chi connectivity index (χ3v) is 4.26. The van der Waals surface area contributed by atoms with Gasteiger partial charge in [-0.05, 0) is 50.1 Å². The molecule has 3 aromatic rings. The Kier molecular flexibility index (Phi) is 6.08. The van der Waals surface area contributed by atoms with E-state index in [2.05, 4.69) is 10.3 Å². The number of hydrogen-bond acceptors (Lipinski definition) is 4. The van der Waals surface area contributed by atoms with E-state index in [1.807, 2.05) is 54.9 Å². The predicted molar refractivity (Wildman–Crippen MR) is 104 cm³/mol. The van der Waals surface area contributed by atoms with Crippen LogP contribution < -0.4 is 10.1 Å². The van der Waals surface area contributed by atoms with Gasteiger partial charge in [0.25, 0.3) is 5.91 Å². The Morgan fingerprint density at radius 2 is 2.11 bits per heavy atom. The zero-order valence-corrected chi connectivity index (χ0v) is 15.9. The second kappa shape index (κ2) is 8.68. The van der Waals surface area contributed by atoms with Crippen molar-refractivity contribution in [1.82, 2.24) is 14.7 Å². The molecule has 1 unspecified atom stereocenters. The van der Waals surface area contributed by atoms with Gasteiger partial charge >= 0.3 is 0 Å². The minimum absolute atomic E-state index is 0.0449. The Balaban J connectivity index is 1.62. The maximum Gasteiger partial charge on any atom is 0.251 e. The van der Waals surface area contributed by atoms with E-state index >= 15 is 0 Å². The minimum atomic E-state index is -0.118. The highest BCUT2D eigenvalue weighted by Crippen LogP contribution is 2.16. The van der Waals surface area contributed by atoms with E-state index in [-0.39, 0.29) is 11.9 Å². The summed E-state index contributed by atoms with van der Waals surface area (Å²) in [4.78, 5) is 16.9. The largest absolute Gasteiger partial charge is 0.487 e. The van der Waals surface area contributed by atoms with Crippen molar-refractivity contribution in [1.29, 1.82) is 0 Å². The number of amides is 1. The van der Waals surface area contributed by atoms with Crippen LogP contribution in [0.15, 0.2) is 48.8 Å². The Morgan fingerprint density at radius 3 is 2.93 bits per heavy atom. The lowest BCUT2D eigenvalue weighted by Crippen LogP contribution is -2.33. The number of rotatable bonds is 8. The number of pyridine rings is 1. The number of aromatic nitrogens is 2. The Morgan fingerprint density at radius 1 is 1.26 bits per heavy atom. The third-order valence-electron chi connectivity index (χ3n) is 4.26. The SMILES string of the molecule is COCCC(C)NC(=O)c1cccc(OCc2cn3cc(C)ccc3n2)c1. The molecule has 0 aliphatic heterocycles. The van der Waals surface area contributed by atoms with Gasteiger partial charge in [0, 0.05) is 37.7 Å². The molecule has 2 aromatic heterocycles. The Labute approximate surface area is 159 Å². The fourth-order valence-electron chi connectivity index (χ4n) is 2.78. The van der Waals surface area contributed by atoms with Gasteiger partial charge in [0.15, 0.2) is 0 Å². The van der Waals surface area contributed by atoms with E-state index in [4.69, 9.17) is 9.47 Å². The minimum Gasteiger partial charge on any atom is -0.487 e. The standard InChI is InChI=1S/C21H25N3O3/c1-15-7-8-20-23-18(13-24(20)12-15)14-27-19-6-4-5-17(11-19)21(25)22-16(2)9-10-26-3/h4-8,11-13,16H,9-10,14H2,1-3H3,(H,22,25). The second-order valence-corrected chi connectivity index (χ2v) is 6.68. The van der Waals surface area contributed by atoms with Gasteiger partial charge in [-0.3, -0.25) is 4.79 Å². The zero-order valence-electron chi connectivity index (χ0n) is 15.9. The molecule has 0 aliphatic rings. The van der Waals surface area contributed by atoms with Gasteiger partial charge in [0.05, 0.1) is 5.69 Å². The number of nitrogens with one attached hydrogen (secondary N) is 1. The zero-order chi connectivity index (χ0) is 19.2. The number of carbonyl (C=O) groups excluding carboxylic acids is 1. The van der Waals surface area contributed by atoms with Crippen molar-refractivity contribution in [2.24, 2.45) is 0 Å². The summed E-state index contributed by atoms with van der Waals surface area (Å²) in [6.07, 6.45) is 4.75. The molecule has 0 aliphatic carbocycles. The topological polar surface area (TPSA) is 64.9 Å². The molecule has 1 aromatic carbocycles. The molecule has 142 valence electrons. The first-order chi connectivity index (χ1) is 13.0. The van der Waals surface area contributed by atoms with E-state index in [0.717, 1.165) is 17.8 Å². The third kappa shape index (κ3) is 5.08. The number of methoxy groups -OCH3 is 1. The first-order valence-corrected chi connectivity index (χ1v) is 9.02. The molecule has 1 amide bonds. The van der Waals surface area contributed by atoms with Crippen LogP contribution >= 0.6 is 0 Å². The van der Waals surface area contributed by atoms with Gasteiger partial charge in [-0.2, -0.15) is 0 Å². The van der Waals surface area contributed by atoms with Crippen LogP contribution in [-0.2, 0) is 11.3 Å². The quantitative estimate of drug-likeness (QED) is 0.663. The summed E-state index contributed by atoms with van der Waals surface area (Å²) in [5.41, 5.74) is 3.47. The smallest absolute Gasteiger partial charge is 0.251 e. The average molecular weight is 367 g/mol. The molecule has 27 heavy (non-hydrogen) atoms. The summed E-state index contributed by atoms with van der Waals surface area (Å²) in [5, 5.41) is 2.96. The molecule has 6 nitrogen and oxygen atoms in total. The maximum absolute atomic E-state index is 12.4. The molecule has 3 rings (SSSR count). The molecule has 6 heteroatoms. The number of benzene rings is 1. The molecule has 0 radical (unpaired) electrons. The number of aryl methyl sites for hydroxylation is 1. The molecule has 2 heterocycles. The lowest BCUT2D eigenvalue weighted by molar-refractivity contribution is 0.0929. The van der Waals surface area contributed by atoms with E-state index in [1.165, 1.54) is 5.56 Å². The van der Waals surface area contributed by atoms with Crippen molar-refractivity contribution in [3.63, 3.8) is 0 Å². The van der Waals surface area contributed by atoms with Gasteiger partial charge < -0.3 is 19.2 Å². The van der Waals surface area contributed by atoms with Crippen LogP contribution in [0.5, 0.6) is 5.75 Å². The van der Waals surface area contributed by atoms with Crippen LogP contribution in [0, 0.1) is 6.92 Å². The Bertz CT molecular complexity index is 920. The number of ether oxygens (including phenoxy) is 2. The summed E-state index contributed by atoms with van der Waals surface area (Å²) in [7, 11) is 1.65. The molecule has 0 spiro atoms. The van der Waals surface area contributed by atoms with Crippen LogP contribution in [0.2, 0.25) is 0 Å². The van der Waals surface area contributed by atoms with Gasteiger partial charge in [0.2, 0.25) is 0 Å². The van der Waals surface area contributed by atoms with Crippen LogP contribution in [0.3, 0.4) is 0 Å². The van der Waals surface area contributed by atoms with Gasteiger partial charge in [0.1, 0.15) is 18.0 Å². The van der Waals surface area contributed by atoms with Crippen LogP contribution in [0.25, 0.3) is 5.65 Å². The van der Waals surface area contributed by atoms with Gasteiger partial charge in [-0.25, -0.2) is 4.98 Å². The van der Waals surface area contributed by atoms with Crippen molar-refractivity contribution < 1.29 is 14.3 Å². The first kappa shape index (κ1) is 18.9. The highest BCUT2D eigenvalue weighted by atomic mass is 16.5. The summed E-state index contributed by atoms with van der Waals surface area (Å²) >= 11 is 0. The number of fused-ring (bicyclic) bond motifs is 1. The molecule has 1 atom stereocenters. The summed E-state index contributed by atoms with van der Waals surface area (Å²) < 4.78 is 12.9. The van der Waals surface area contributed by atoms with Crippen LogP contribution in [0.1, 0.15) is 35.0 Å².